The second kappa shape index (κ2) is 6.37. The maximum atomic E-state index is 11.0. The smallest absolute Gasteiger partial charge is 0.307 e. The van der Waals surface area contributed by atoms with Crippen molar-refractivity contribution in [2.75, 3.05) is 13.1 Å². The number of hydrogen-bond acceptors (Lipinski definition) is 3. The minimum Gasteiger partial charge on any atom is -0.481 e. The fourth-order valence-corrected chi connectivity index (χ4v) is 3.53. The quantitative estimate of drug-likeness (QED) is 0.874. The zero-order valence-corrected chi connectivity index (χ0v) is 13.0. The number of benzene rings is 1. The van der Waals surface area contributed by atoms with Crippen LogP contribution >= 0.6 is 11.3 Å². The third-order valence-electron chi connectivity index (χ3n) is 3.74. The molecule has 3 nitrogen and oxygen atoms in total. The Hall–Kier alpha value is -1.39. The summed E-state index contributed by atoms with van der Waals surface area (Å²) in [6.07, 6.45) is 0. The molecule has 0 saturated carbocycles. The molecule has 2 aromatic rings. The lowest BCUT2D eigenvalue weighted by Crippen LogP contribution is -2.33. The molecule has 0 bridgehead atoms. The highest BCUT2D eigenvalue weighted by molar-refractivity contribution is 7.19. The van der Waals surface area contributed by atoms with Gasteiger partial charge in [0.1, 0.15) is 0 Å². The molecule has 1 heterocycles. The molecule has 108 valence electrons. The van der Waals surface area contributed by atoms with Gasteiger partial charge in [-0.2, -0.15) is 0 Å². The summed E-state index contributed by atoms with van der Waals surface area (Å²) in [7, 11) is 0. The van der Waals surface area contributed by atoms with E-state index in [4.69, 9.17) is 5.11 Å². The largest absolute Gasteiger partial charge is 0.481 e. The van der Waals surface area contributed by atoms with E-state index in [9.17, 15) is 4.79 Å². The predicted octanol–water partition coefficient (Wildman–Crippen LogP) is 4.00. The molecule has 4 heteroatoms. The molecule has 1 aromatic carbocycles. The van der Waals surface area contributed by atoms with Crippen LogP contribution in [0.1, 0.15) is 31.7 Å². The van der Waals surface area contributed by atoms with Gasteiger partial charge in [0.2, 0.25) is 0 Å². The molecule has 1 aromatic heterocycles. The molecule has 0 saturated heterocycles. The van der Waals surface area contributed by atoms with Crippen molar-refractivity contribution in [1.29, 1.82) is 0 Å². The summed E-state index contributed by atoms with van der Waals surface area (Å²) in [5, 5.41) is 10.3. The molecule has 2 atom stereocenters. The molecule has 0 radical (unpaired) electrons. The van der Waals surface area contributed by atoms with Crippen LogP contribution in [0.15, 0.2) is 30.3 Å². The van der Waals surface area contributed by atoms with Gasteiger partial charge in [0.25, 0.3) is 0 Å². The first-order chi connectivity index (χ1) is 9.52. The maximum Gasteiger partial charge on any atom is 0.307 e. The van der Waals surface area contributed by atoms with E-state index in [0.29, 0.717) is 6.54 Å². The van der Waals surface area contributed by atoms with Crippen molar-refractivity contribution >= 4 is 27.4 Å². The highest BCUT2D eigenvalue weighted by Crippen LogP contribution is 2.32. The number of nitrogens with zero attached hydrogens (tertiary/aromatic N) is 1. The lowest BCUT2D eigenvalue weighted by molar-refractivity contribution is -0.141. The van der Waals surface area contributed by atoms with Crippen LogP contribution in [-0.4, -0.2) is 29.1 Å². The minimum atomic E-state index is -0.730. The Labute approximate surface area is 123 Å². The van der Waals surface area contributed by atoms with Gasteiger partial charge in [-0.15, -0.1) is 11.3 Å². The Morgan fingerprint density at radius 3 is 2.65 bits per heavy atom. The minimum absolute atomic E-state index is 0.249. The molecular weight excluding hydrogens is 270 g/mol. The second-order valence-electron chi connectivity index (χ2n) is 5.19. The summed E-state index contributed by atoms with van der Waals surface area (Å²) >= 11 is 1.80. The van der Waals surface area contributed by atoms with Crippen molar-refractivity contribution in [1.82, 2.24) is 4.90 Å². The second-order valence-corrected chi connectivity index (χ2v) is 6.30. The highest BCUT2D eigenvalue weighted by Gasteiger charge is 2.21. The zero-order valence-electron chi connectivity index (χ0n) is 12.2. The monoisotopic (exact) mass is 291 g/mol. The fourth-order valence-electron chi connectivity index (χ4n) is 2.38. The molecule has 0 amide bonds. The number of carbonyl (C=O) groups is 1. The van der Waals surface area contributed by atoms with Gasteiger partial charge in [-0.3, -0.25) is 9.69 Å². The van der Waals surface area contributed by atoms with Gasteiger partial charge >= 0.3 is 5.97 Å². The van der Waals surface area contributed by atoms with E-state index in [0.717, 1.165) is 6.54 Å². The van der Waals surface area contributed by atoms with Crippen LogP contribution in [0, 0.1) is 5.92 Å². The Bertz CT molecular complexity index is 560. The van der Waals surface area contributed by atoms with Crippen LogP contribution in [-0.2, 0) is 4.79 Å². The van der Waals surface area contributed by atoms with Crippen LogP contribution < -0.4 is 0 Å². The summed E-state index contributed by atoms with van der Waals surface area (Å²) in [5.41, 5.74) is 0. The average Bonchev–Trinajstić information content (AvgIpc) is 2.87. The van der Waals surface area contributed by atoms with Gasteiger partial charge in [0, 0.05) is 22.2 Å². The molecule has 0 aliphatic carbocycles. The van der Waals surface area contributed by atoms with Crippen molar-refractivity contribution in [3.05, 3.63) is 35.2 Å². The van der Waals surface area contributed by atoms with Gasteiger partial charge in [-0.25, -0.2) is 0 Å². The first-order valence-corrected chi connectivity index (χ1v) is 7.80. The van der Waals surface area contributed by atoms with Gasteiger partial charge < -0.3 is 5.11 Å². The number of aliphatic carboxylic acids is 1. The van der Waals surface area contributed by atoms with Gasteiger partial charge in [0.05, 0.1) is 5.92 Å². The number of hydrogen-bond donors (Lipinski definition) is 1. The third kappa shape index (κ3) is 3.19. The topological polar surface area (TPSA) is 40.5 Å². The van der Waals surface area contributed by atoms with Gasteiger partial charge in [0.15, 0.2) is 0 Å². The summed E-state index contributed by atoms with van der Waals surface area (Å²) in [5.74, 6) is -1.07. The molecule has 2 unspecified atom stereocenters. The van der Waals surface area contributed by atoms with Crippen LogP contribution in [0.25, 0.3) is 10.1 Å². The van der Waals surface area contributed by atoms with E-state index in [1.807, 2.05) is 6.07 Å². The molecule has 0 spiro atoms. The third-order valence-corrected chi connectivity index (χ3v) is 5.03. The van der Waals surface area contributed by atoms with Gasteiger partial charge in [-0.1, -0.05) is 32.0 Å². The molecule has 2 rings (SSSR count). The van der Waals surface area contributed by atoms with Crippen molar-refractivity contribution in [3.8, 4) is 0 Å². The summed E-state index contributed by atoms with van der Waals surface area (Å²) < 4.78 is 1.29. The zero-order chi connectivity index (χ0) is 14.7. The first-order valence-electron chi connectivity index (χ1n) is 6.98. The van der Waals surface area contributed by atoms with Crippen LogP contribution in [0.4, 0.5) is 0 Å². The van der Waals surface area contributed by atoms with Crippen molar-refractivity contribution in [2.45, 2.75) is 26.8 Å². The fraction of sp³-hybridized carbons (Fsp3) is 0.438. The SMILES string of the molecule is CCN(CC(C)C(=O)O)C(C)c1cc2ccccc2s1. The highest BCUT2D eigenvalue weighted by atomic mass is 32.1. The molecule has 1 N–H and O–H groups in total. The van der Waals surface area contributed by atoms with E-state index in [1.54, 1.807) is 18.3 Å². The molecule has 0 aliphatic rings. The lowest BCUT2D eigenvalue weighted by Gasteiger charge is -2.28. The molecule has 20 heavy (non-hydrogen) atoms. The summed E-state index contributed by atoms with van der Waals surface area (Å²) in [6.45, 7) is 7.44. The van der Waals surface area contributed by atoms with E-state index >= 15 is 0 Å². The molecular formula is C16H21NO2S. The first kappa shape index (κ1) is 15.0. The van der Waals surface area contributed by atoms with Crippen LogP contribution in [0.5, 0.6) is 0 Å². The number of fused-ring (bicyclic) bond motifs is 1. The number of thiophene rings is 1. The van der Waals surface area contributed by atoms with E-state index in [-0.39, 0.29) is 12.0 Å². The molecule has 0 fully saturated rings. The van der Waals surface area contributed by atoms with E-state index < -0.39 is 5.97 Å². The Morgan fingerprint density at radius 2 is 2.05 bits per heavy atom. The number of rotatable bonds is 6. The van der Waals surface area contributed by atoms with Gasteiger partial charge in [-0.05, 0) is 31.0 Å². The Balaban J connectivity index is 2.19. The Kier molecular flexibility index (Phi) is 4.78. The Morgan fingerprint density at radius 1 is 1.35 bits per heavy atom. The van der Waals surface area contributed by atoms with Crippen LogP contribution in [0.3, 0.4) is 0 Å². The number of carboxylic acids is 1. The van der Waals surface area contributed by atoms with Crippen molar-refractivity contribution < 1.29 is 9.90 Å². The normalized spacial score (nSPS) is 14.6. The maximum absolute atomic E-state index is 11.0. The van der Waals surface area contributed by atoms with Crippen molar-refractivity contribution in [2.24, 2.45) is 5.92 Å². The van der Waals surface area contributed by atoms with E-state index in [1.165, 1.54) is 15.0 Å². The van der Waals surface area contributed by atoms with E-state index in [2.05, 4.69) is 43.0 Å². The van der Waals surface area contributed by atoms with Crippen molar-refractivity contribution in [3.63, 3.8) is 0 Å². The molecule has 0 aliphatic heterocycles. The summed E-state index contributed by atoms with van der Waals surface area (Å²) in [4.78, 5) is 14.5. The predicted molar refractivity (Wildman–Crippen MR) is 84.3 cm³/mol. The lowest BCUT2D eigenvalue weighted by atomic mass is 10.1. The van der Waals surface area contributed by atoms with Crippen LogP contribution in [0.2, 0.25) is 0 Å². The number of carboxylic acid groups (broad SMARTS) is 1. The standard InChI is InChI=1S/C16H21NO2S/c1-4-17(10-11(2)16(18)19)12(3)15-9-13-7-5-6-8-14(13)20-15/h5-9,11-12H,4,10H2,1-3H3,(H,18,19). The summed E-state index contributed by atoms with van der Waals surface area (Å²) in [6, 6.07) is 10.8. The average molecular weight is 291 g/mol.